The fourth-order valence-electron chi connectivity index (χ4n) is 8.26. The second kappa shape index (κ2) is 16.4. The van der Waals surface area contributed by atoms with Crippen LogP contribution in [0.15, 0.2) is 35.7 Å². The molecule has 2 saturated heterocycles. The third-order valence-corrected chi connectivity index (χ3v) is 15.0. The van der Waals surface area contributed by atoms with Gasteiger partial charge in [0.05, 0.1) is 30.1 Å². The van der Waals surface area contributed by atoms with Crippen LogP contribution in [-0.2, 0) is 24.4 Å². The predicted molar refractivity (Wildman–Crippen MR) is 223 cm³/mol. The molecule has 17 heteroatoms. The van der Waals surface area contributed by atoms with Crippen LogP contribution in [0, 0.1) is 12.8 Å². The van der Waals surface area contributed by atoms with Crippen molar-refractivity contribution < 1.29 is 37.1 Å². The Balaban J connectivity index is 1.14. The number of ether oxygens (including phenoxy) is 2. The first-order valence-corrected chi connectivity index (χ1v) is 23.2. The van der Waals surface area contributed by atoms with Crippen molar-refractivity contribution in [2.75, 3.05) is 26.7 Å². The summed E-state index contributed by atoms with van der Waals surface area (Å²) < 4.78 is 40.6. The number of hydrogen-bond donors (Lipinski definition) is 3. The highest BCUT2D eigenvalue weighted by atomic mass is 32.2. The number of nitrogens with one attached hydrogen (secondary N) is 3. The van der Waals surface area contributed by atoms with E-state index in [1.807, 2.05) is 42.7 Å². The summed E-state index contributed by atoms with van der Waals surface area (Å²) in [5, 5.41) is 8.73. The zero-order chi connectivity index (χ0) is 41.6. The topological polar surface area (TPSA) is 189 Å². The summed E-state index contributed by atoms with van der Waals surface area (Å²) in [6, 6.07) is 3.27. The van der Waals surface area contributed by atoms with Crippen LogP contribution in [0.1, 0.15) is 95.2 Å². The quantitative estimate of drug-likeness (QED) is 0.249. The number of pyridine rings is 1. The van der Waals surface area contributed by atoms with E-state index in [2.05, 4.69) is 29.2 Å². The summed E-state index contributed by atoms with van der Waals surface area (Å²) in [4.78, 5) is 69.4. The van der Waals surface area contributed by atoms with Crippen LogP contribution >= 0.6 is 11.3 Å². The van der Waals surface area contributed by atoms with Gasteiger partial charge in [0, 0.05) is 47.8 Å². The SMILES string of the molecule is COc1ccc2c(O[C@@H]3C[C@H]4C(=O)N[C@]5(C(=O)NS(=O)(=O)C6CC6)C[C@H]5/C=C/CCCCC[C@H](NC(=O)N5CCC5)C(=O)N4C3)cc(-c3nc(C(C)C)cs3)nc2c1C. The number of thiazole rings is 1. The van der Waals surface area contributed by atoms with Crippen molar-refractivity contribution in [3.8, 4) is 22.2 Å². The molecule has 0 radical (unpaired) electrons. The van der Waals surface area contributed by atoms with E-state index >= 15 is 0 Å². The summed E-state index contributed by atoms with van der Waals surface area (Å²) in [6.07, 6.45) is 8.72. The van der Waals surface area contributed by atoms with E-state index in [4.69, 9.17) is 19.4 Å². The molecule has 0 unspecified atom stereocenters. The number of nitrogens with zero attached hydrogens (tertiary/aromatic N) is 4. The Bertz CT molecular complexity index is 2290. The Labute approximate surface area is 348 Å². The number of benzene rings is 1. The molecule has 8 rings (SSSR count). The van der Waals surface area contributed by atoms with Gasteiger partial charge in [-0.15, -0.1) is 11.3 Å². The van der Waals surface area contributed by atoms with Gasteiger partial charge in [-0.2, -0.15) is 0 Å². The molecule has 5 amide bonds. The lowest BCUT2D eigenvalue weighted by Gasteiger charge is -2.34. The fraction of sp³-hybridized carbons (Fsp3) is 0.571. The van der Waals surface area contributed by atoms with E-state index in [0.29, 0.717) is 73.3 Å². The minimum Gasteiger partial charge on any atom is -0.496 e. The lowest BCUT2D eigenvalue weighted by atomic mass is 10.0. The zero-order valence-corrected chi connectivity index (χ0v) is 35.6. The summed E-state index contributed by atoms with van der Waals surface area (Å²) in [6.45, 7) is 7.33. The van der Waals surface area contributed by atoms with Crippen LogP contribution in [0.3, 0.4) is 0 Å². The molecule has 2 saturated carbocycles. The van der Waals surface area contributed by atoms with Gasteiger partial charge in [-0.3, -0.25) is 19.1 Å². The van der Waals surface area contributed by atoms with Crippen molar-refractivity contribution in [1.82, 2.24) is 35.1 Å². The van der Waals surface area contributed by atoms with Gasteiger partial charge in [0.2, 0.25) is 21.8 Å². The van der Waals surface area contributed by atoms with Gasteiger partial charge in [-0.1, -0.05) is 38.8 Å². The number of fused-ring (bicyclic) bond motifs is 3. The molecule has 0 bridgehead atoms. The van der Waals surface area contributed by atoms with Gasteiger partial charge in [-0.25, -0.2) is 23.2 Å². The van der Waals surface area contributed by atoms with Crippen LogP contribution in [0.2, 0.25) is 0 Å². The largest absolute Gasteiger partial charge is 0.496 e. The number of aryl methyl sites for hydroxylation is 1. The summed E-state index contributed by atoms with van der Waals surface area (Å²) >= 11 is 1.49. The van der Waals surface area contributed by atoms with Crippen molar-refractivity contribution in [3.05, 3.63) is 47.0 Å². The number of sulfonamides is 1. The molecule has 59 heavy (non-hydrogen) atoms. The highest BCUT2D eigenvalue weighted by Crippen LogP contribution is 2.46. The minimum atomic E-state index is -3.90. The smallest absolute Gasteiger partial charge is 0.318 e. The molecular formula is C42H53N7O8S2. The molecule has 5 aliphatic rings. The third-order valence-electron chi connectivity index (χ3n) is 12.3. The third kappa shape index (κ3) is 8.37. The Hall–Kier alpha value is -4.77. The molecule has 5 heterocycles. The number of urea groups is 1. The number of rotatable bonds is 9. The second-order valence-electron chi connectivity index (χ2n) is 16.9. The van der Waals surface area contributed by atoms with Gasteiger partial charge in [-0.05, 0) is 69.9 Å². The van der Waals surface area contributed by atoms with E-state index in [1.54, 1.807) is 12.0 Å². The van der Waals surface area contributed by atoms with Crippen LogP contribution in [0.25, 0.3) is 21.6 Å². The lowest BCUT2D eigenvalue weighted by molar-refractivity contribution is -0.141. The summed E-state index contributed by atoms with van der Waals surface area (Å²) in [5.41, 5.74) is 1.53. The predicted octanol–water partition coefficient (Wildman–Crippen LogP) is 4.93. The molecule has 3 N–H and O–H groups in total. The highest BCUT2D eigenvalue weighted by molar-refractivity contribution is 7.91. The van der Waals surface area contributed by atoms with E-state index in [9.17, 15) is 27.6 Å². The average molecular weight is 848 g/mol. The molecule has 3 aromatic rings. The van der Waals surface area contributed by atoms with Crippen LogP contribution in [-0.4, -0.2) is 108 Å². The first-order valence-electron chi connectivity index (χ1n) is 20.8. The lowest BCUT2D eigenvalue weighted by Crippen LogP contribution is -2.59. The summed E-state index contributed by atoms with van der Waals surface area (Å²) in [5.74, 6) is -0.821. The first kappa shape index (κ1) is 41.0. The fourth-order valence-corrected chi connectivity index (χ4v) is 10.6. The van der Waals surface area contributed by atoms with Crippen LogP contribution in [0.4, 0.5) is 4.79 Å². The number of hydrogen-bond acceptors (Lipinski definition) is 11. The number of amides is 5. The zero-order valence-electron chi connectivity index (χ0n) is 34.0. The Kier molecular flexibility index (Phi) is 11.4. The maximum atomic E-state index is 14.7. The molecule has 15 nitrogen and oxygen atoms in total. The molecule has 4 fully saturated rings. The second-order valence-corrected chi connectivity index (χ2v) is 19.7. The molecule has 316 valence electrons. The number of carbonyl (C=O) groups excluding carboxylic acids is 4. The number of allylic oxidation sites excluding steroid dienone is 1. The van der Waals surface area contributed by atoms with E-state index in [-0.39, 0.29) is 31.3 Å². The van der Waals surface area contributed by atoms with Crippen LogP contribution in [0.5, 0.6) is 11.5 Å². The average Bonchev–Trinajstić information content (AvgIpc) is 4.05. The van der Waals surface area contributed by atoms with Crippen molar-refractivity contribution in [1.29, 1.82) is 0 Å². The van der Waals surface area contributed by atoms with E-state index in [0.717, 1.165) is 35.5 Å². The van der Waals surface area contributed by atoms with Gasteiger partial charge >= 0.3 is 6.03 Å². The minimum absolute atomic E-state index is 0.0224. The van der Waals surface area contributed by atoms with Crippen LogP contribution < -0.4 is 24.8 Å². The van der Waals surface area contributed by atoms with Gasteiger partial charge in [0.25, 0.3) is 5.91 Å². The normalized spacial score (nSPS) is 26.8. The highest BCUT2D eigenvalue weighted by Gasteiger charge is 2.62. The molecule has 5 atom stereocenters. The molecule has 0 spiro atoms. The van der Waals surface area contributed by atoms with Crippen molar-refractivity contribution in [2.24, 2.45) is 5.92 Å². The van der Waals surface area contributed by atoms with Crippen molar-refractivity contribution in [3.63, 3.8) is 0 Å². The summed E-state index contributed by atoms with van der Waals surface area (Å²) in [7, 11) is -2.29. The van der Waals surface area contributed by atoms with Crippen molar-refractivity contribution in [2.45, 2.75) is 120 Å². The van der Waals surface area contributed by atoms with E-state index in [1.165, 1.54) is 16.2 Å². The Morgan fingerprint density at radius 1 is 1.05 bits per heavy atom. The number of methoxy groups -OCH3 is 1. The molecule has 3 aliphatic heterocycles. The molecule has 2 aliphatic carbocycles. The Morgan fingerprint density at radius 2 is 1.85 bits per heavy atom. The van der Waals surface area contributed by atoms with Gasteiger partial charge < -0.3 is 29.9 Å². The number of likely N-dealkylation sites (tertiary alicyclic amines) is 1. The Morgan fingerprint density at radius 3 is 2.54 bits per heavy atom. The van der Waals surface area contributed by atoms with E-state index < -0.39 is 62.6 Å². The molecule has 1 aromatic carbocycles. The maximum Gasteiger partial charge on any atom is 0.318 e. The van der Waals surface area contributed by atoms with Gasteiger partial charge in [0.15, 0.2) is 0 Å². The first-order chi connectivity index (χ1) is 28.3. The monoisotopic (exact) mass is 847 g/mol. The maximum absolute atomic E-state index is 14.7. The van der Waals surface area contributed by atoms with Crippen molar-refractivity contribution >= 4 is 56.0 Å². The standard InChI is InChI=1S/C42H53N7O8S2/c1-24(2)32-23-58-38(44-32)31-20-35(29-15-16-34(56-4)25(3)36(29)43-31)57-27-19-33-37(50)46-42(40(52)47-59(54,55)28-13-14-28)21-26(42)11-8-6-5-7-9-12-30(39(51)49(33)22-27)45-41(53)48-17-10-18-48/h8,11,15-16,20,23-24,26-28,30,33H,5-7,9-10,12-14,17-19,21-22H2,1-4H3,(H,45,53)(H,46,50)(H,47,52)/b11-8+/t26-,27-,30+,33+,42-/m1/s1. The molecular weight excluding hydrogens is 795 g/mol. The number of carbonyl (C=O) groups is 4. The molecule has 2 aromatic heterocycles. The van der Waals surface area contributed by atoms with Gasteiger partial charge in [0.1, 0.15) is 45.9 Å². The number of aromatic nitrogens is 2.